The number of halogens is 1. The van der Waals surface area contributed by atoms with Gasteiger partial charge in [0.15, 0.2) is 11.6 Å². The molecule has 0 spiro atoms. The second kappa shape index (κ2) is 5.07. The van der Waals surface area contributed by atoms with Crippen molar-refractivity contribution in [3.8, 4) is 0 Å². The highest BCUT2D eigenvalue weighted by Gasteiger charge is 2.12. The predicted octanol–water partition coefficient (Wildman–Crippen LogP) is 1.64. The third-order valence-electron chi connectivity index (χ3n) is 2.13. The average Bonchev–Trinajstić information content (AvgIpc) is 2.77. The molecular weight excluding hydrogens is 244 g/mol. The van der Waals surface area contributed by atoms with Crippen LogP contribution in [0, 0.1) is 0 Å². The molecule has 0 saturated heterocycles. The summed E-state index contributed by atoms with van der Waals surface area (Å²) in [5.41, 5.74) is 0.532. The molecule has 1 N–H and O–H groups in total. The van der Waals surface area contributed by atoms with Crippen LogP contribution in [0.1, 0.15) is 22.1 Å². The van der Waals surface area contributed by atoms with Crippen molar-refractivity contribution < 1.29 is 14.4 Å². The van der Waals surface area contributed by atoms with E-state index >= 15 is 0 Å². The minimum absolute atomic E-state index is 0.0329. The number of hydrogen-bond donors (Lipinski definition) is 1. The Labute approximate surface area is 102 Å². The monoisotopic (exact) mass is 252 g/mol. The number of ketones is 1. The third kappa shape index (κ3) is 2.89. The van der Waals surface area contributed by atoms with E-state index in [0.717, 1.165) is 0 Å². The lowest BCUT2D eigenvalue weighted by atomic mass is 10.1. The summed E-state index contributed by atoms with van der Waals surface area (Å²) in [4.78, 5) is 15.6. The summed E-state index contributed by atoms with van der Waals surface area (Å²) in [5.74, 6) is 0.227. The first kappa shape index (κ1) is 11.8. The van der Waals surface area contributed by atoms with Crippen molar-refractivity contribution in [2.24, 2.45) is 0 Å². The van der Waals surface area contributed by atoms with Crippen LogP contribution in [0.5, 0.6) is 0 Å². The van der Waals surface area contributed by atoms with Gasteiger partial charge in [-0.25, -0.2) is 0 Å². The molecule has 0 bridgehead atoms. The fourth-order valence-electron chi connectivity index (χ4n) is 1.31. The predicted molar refractivity (Wildman–Crippen MR) is 59.7 cm³/mol. The second-order valence-corrected chi connectivity index (χ2v) is 3.81. The number of aliphatic hydroxyl groups excluding tert-OH is 1. The van der Waals surface area contributed by atoms with E-state index in [1.54, 1.807) is 24.3 Å². The summed E-state index contributed by atoms with van der Waals surface area (Å²) in [7, 11) is 0. The summed E-state index contributed by atoms with van der Waals surface area (Å²) in [6.07, 6.45) is 0.0329. The van der Waals surface area contributed by atoms with Crippen LogP contribution in [0.3, 0.4) is 0 Å². The lowest BCUT2D eigenvalue weighted by Crippen LogP contribution is -2.04. The molecule has 0 amide bonds. The molecule has 0 aliphatic carbocycles. The van der Waals surface area contributed by atoms with E-state index < -0.39 is 0 Å². The van der Waals surface area contributed by atoms with E-state index in [2.05, 4.69) is 14.7 Å². The van der Waals surface area contributed by atoms with Crippen LogP contribution >= 0.6 is 11.6 Å². The van der Waals surface area contributed by atoms with E-state index in [1.165, 1.54) is 0 Å². The molecule has 5 nitrogen and oxygen atoms in total. The standard InChI is InChI=1S/C11H9ClN2O3/c12-8-3-1-7(2-4-8)9(16)5-10-13-11(6-15)17-14-10/h1-4,15H,5-6H2. The number of nitrogens with zero attached hydrogens (tertiary/aromatic N) is 2. The Bertz CT molecular complexity index is 522. The Kier molecular flexibility index (Phi) is 3.51. The molecule has 0 aliphatic rings. The van der Waals surface area contributed by atoms with Crippen molar-refractivity contribution in [1.82, 2.24) is 10.1 Å². The Hall–Kier alpha value is -1.72. The Morgan fingerprint density at radius 1 is 1.35 bits per heavy atom. The normalized spacial score (nSPS) is 10.5. The number of carbonyl (C=O) groups excluding carboxylic acids is 1. The highest BCUT2D eigenvalue weighted by atomic mass is 35.5. The van der Waals surface area contributed by atoms with Crippen LogP contribution in [-0.2, 0) is 13.0 Å². The van der Waals surface area contributed by atoms with Gasteiger partial charge in [0.25, 0.3) is 5.89 Å². The molecular formula is C11H9ClN2O3. The SMILES string of the molecule is O=C(Cc1noc(CO)n1)c1ccc(Cl)cc1. The van der Waals surface area contributed by atoms with Gasteiger partial charge in [-0.2, -0.15) is 4.98 Å². The zero-order chi connectivity index (χ0) is 12.3. The van der Waals surface area contributed by atoms with Crippen LogP contribution in [-0.4, -0.2) is 21.0 Å². The minimum Gasteiger partial charge on any atom is -0.387 e. The van der Waals surface area contributed by atoms with Crippen LogP contribution < -0.4 is 0 Å². The number of carbonyl (C=O) groups is 1. The zero-order valence-corrected chi connectivity index (χ0v) is 9.52. The first-order valence-corrected chi connectivity index (χ1v) is 5.28. The van der Waals surface area contributed by atoms with Crippen LogP contribution in [0.4, 0.5) is 0 Å². The molecule has 0 atom stereocenters. The summed E-state index contributed by atoms with van der Waals surface area (Å²) >= 11 is 5.72. The lowest BCUT2D eigenvalue weighted by molar-refractivity contribution is 0.0990. The fraction of sp³-hybridized carbons (Fsp3) is 0.182. The van der Waals surface area contributed by atoms with Gasteiger partial charge < -0.3 is 9.63 Å². The van der Waals surface area contributed by atoms with Crippen molar-refractivity contribution >= 4 is 17.4 Å². The van der Waals surface area contributed by atoms with E-state index in [0.29, 0.717) is 10.6 Å². The molecule has 0 saturated carbocycles. The molecule has 2 rings (SSSR count). The Balaban J connectivity index is 2.08. The van der Waals surface area contributed by atoms with Crippen LogP contribution in [0.2, 0.25) is 5.02 Å². The van der Waals surface area contributed by atoms with Crippen molar-refractivity contribution in [2.45, 2.75) is 13.0 Å². The molecule has 0 fully saturated rings. The van der Waals surface area contributed by atoms with E-state index in [4.69, 9.17) is 16.7 Å². The first-order chi connectivity index (χ1) is 8.19. The summed E-state index contributed by atoms with van der Waals surface area (Å²) in [5, 5.41) is 12.9. The van der Waals surface area contributed by atoms with Crippen LogP contribution in [0.15, 0.2) is 28.8 Å². The first-order valence-electron chi connectivity index (χ1n) is 4.90. The van der Waals surface area contributed by atoms with Gasteiger partial charge in [0, 0.05) is 10.6 Å². The highest BCUT2D eigenvalue weighted by Crippen LogP contribution is 2.11. The number of hydrogen-bond acceptors (Lipinski definition) is 5. The van der Waals surface area contributed by atoms with Gasteiger partial charge >= 0.3 is 0 Å². The Morgan fingerprint density at radius 3 is 2.65 bits per heavy atom. The quantitative estimate of drug-likeness (QED) is 0.837. The van der Waals surface area contributed by atoms with E-state index in [1.807, 2.05) is 0 Å². The van der Waals surface area contributed by atoms with Gasteiger partial charge in [0.2, 0.25) is 0 Å². The molecule has 0 aliphatic heterocycles. The van der Waals surface area contributed by atoms with Crippen molar-refractivity contribution in [2.75, 3.05) is 0 Å². The van der Waals surface area contributed by atoms with Gasteiger partial charge in [-0.1, -0.05) is 16.8 Å². The zero-order valence-electron chi connectivity index (χ0n) is 8.76. The topological polar surface area (TPSA) is 76.2 Å². The molecule has 6 heteroatoms. The number of benzene rings is 1. The van der Waals surface area contributed by atoms with Gasteiger partial charge in [0.05, 0.1) is 6.42 Å². The largest absolute Gasteiger partial charge is 0.387 e. The maximum atomic E-state index is 11.8. The van der Waals surface area contributed by atoms with Crippen molar-refractivity contribution in [1.29, 1.82) is 0 Å². The summed E-state index contributed by atoms with van der Waals surface area (Å²) in [6.45, 7) is -0.331. The van der Waals surface area contributed by atoms with Crippen molar-refractivity contribution in [3.05, 3.63) is 46.6 Å². The maximum absolute atomic E-state index is 11.8. The second-order valence-electron chi connectivity index (χ2n) is 3.37. The van der Waals surface area contributed by atoms with Gasteiger partial charge in [-0.05, 0) is 24.3 Å². The molecule has 1 aromatic heterocycles. The minimum atomic E-state index is -0.331. The molecule has 2 aromatic rings. The molecule has 17 heavy (non-hydrogen) atoms. The van der Waals surface area contributed by atoms with E-state index in [-0.39, 0.29) is 30.5 Å². The Morgan fingerprint density at radius 2 is 2.06 bits per heavy atom. The van der Waals surface area contributed by atoms with Gasteiger partial charge in [0.1, 0.15) is 6.61 Å². The number of rotatable bonds is 4. The molecule has 0 radical (unpaired) electrons. The molecule has 1 heterocycles. The number of aliphatic hydroxyl groups is 1. The van der Waals surface area contributed by atoms with Crippen LogP contribution in [0.25, 0.3) is 0 Å². The summed E-state index contributed by atoms with van der Waals surface area (Å²) < 4.78 is 4.69. The molecule has 88 valence electrons. The van der Waals surface area contributed by atoms with Crippen molar-refractivity contribution in [3.63, 3.8) is 0 Å². The lowest BCUT2D eigenvalue weighted by Gasteiger charge is -1.97. The molecule has 1 aromatic carbocycles. The highest BCUT2D eigenvalue weighted by molar-refractivity contribution is 6.30. The number of aromatic nitrogens is 2. The fourth-order valence-corrected chi connectivity index (χ4v) is 1.43. The maximum Gasteiger partial charge on any atom is 0.252 e. The van der Waals surface area contributed by atoms with Gasteiger partial charge in [-0.3, -0.25) is 4.79 Å². The molecule has 0 unspecified atom stereocenters. The average molecular weight is 253 g/mol. The summed E-state index contributed by atoms with van der Waals surface area (Å²) in [6, 6.07) is 6.56. The smallest absolute Gasteiger partial charge is 0.252 e. The van der Waals surface area contributed by atoms with Gasteiger partial charge in [-0.15, -0.1) is 0 Å². The van der Waals surface area contributed by atoms with E-state index in [9.17, 15) is 4.79 Å². The third-order valence-corrected chi connectivity index (χ3v) is 2.38. The number of Topliss-reactive ketones (excluding diaryl/α,β-unsaturated/α-hetero) is 1.